The number of esters is 1. The van der Waals surface area contributed by atoms with Crippen molar-refractivity contribution in [2.24, 2.45) is 0 Å². The topological polar surface area (TPSA) is 55.0 Å². The van der Waals surface area contributed by atoms with Gasteiger partial charge in [-0.3, -0.25) is 5.10 Å². The summed E-state index contributed by atoms with van der Waals surface area (Å²) >= 11 is 2.17. The highest BCUT2D eigenvalue weighted by Crippen LogP contribution is 2.19. The summed E-state index contributed by atoms with van der Waals surface area (Å²) in [6.07, 6.45) is 0. The van der Waals surface area contributed by atoms with Crippen LogP contribution in [0.5, 0.6) is 0 Å². The number of ether oxygens (including phenoxy) is 1. The molecule has 4 nitrogen and oxygen atoms in total. The minimum Gasteiger partial charge on any atom is -0.457 e. The van der Waals surface area contributed by atoms with Crippen molar-refractivity contribution in [3.05, 3.63) is 63.4 Å². The number of halogens is 1. The predicted molar refractivity (Wildman–Crippen MR) is 84.4 cm³/mol. The van der Waals surface area contributed by atoms with Crippen molar-refractivity contribution in [2.45, 2.75) is 6.61 Å². The molecule has 0 radical (unpaired) electrons. The first-order valence-corrected chi connectivity index (χ1v) is 7.16. The Morgan fingerprint density at radius 3 is 2.80 bits per heavy atom. The highest BCUT2D eigenvalue weighted by molar-refractivity contribution is 14.1. The van der Waals surface area contributed by atoms with E-state index in [0.717, 1.165) is 20.2 Å². The molecule has 0 fully saturated rings. The fourth-order valence-electron chi connectivity index (χ4n) is 1.91. The summed E-state index contributed by atoms with van der Waals surface area (Å²) in [7, 11) is 0. The molecule has 0 bridgehead atoms. The molecular weight excluding hydrogens is 367 g/mol. The maximum atomic E-state index is 12.0. The van der Waals surface area contributed by atoms with Crippen LogP contribution in [-0.4, -0.2) is 16.2 Å². The lowest BCUT2D eigenvalue weighted by molar-refractivity contribution is 0.0473. The number of aromatic amines is 1. The fraction of sp³-hybridized carbons (Fsp3) is 0.0667. The Hall–Kier alpha value is -1.89. The number of H-pyrrole nitrogens is 1. The van der Waals surface area contributed by atoms with Crippen LogP contribution in [0.2, 0.25) is 0 Å². The molecule has 1 heterocycles. The van der Waals surface area contributed by atoms with Gasteiger partial charge in [-0.05, 0) is 46.4 Å². The van der Waals surface area contributed by atoms with Crippen LogP contribution < -0.4 is 0 Å². The van der Waals surface area contributed by atoms with Crippen LogP contribution in [0, 0.1) is 3.70 Å². The van der Waals surface area contributed by atoms with Crippen LogP contribution in [0.4, 0.5) is 0 Å². The molecule has 1 aromatic heterocycles. The van der Waals surface area contributed by atoms with E-state index in [0.29, 0.717) is 5.56 Å². The summed E-state index contributed by atoms with van der Waals surface area (Å²) in [5, 5.41) is 8.03. The number of benzene rings is 2. The summed E-state index contributed by atoms with van der Waals surface area (Å²) in [5.74, 6) is -0.339. The summed E-state index contributed by atoms with van der Waals surface area (Å²) in [5.41, 5.74) is 2.25. The molecule has 0 aliphatic carbocycles. The van der Waals surface area contributed by atoms with E-state index in [1.165, 1.54) is 0 Å². The van der Waals surface area contributed by atoms with Crippen molar-refractivity contribution in [3.63, 3.8) is 0 Å². The number of nitrogens with one attached hydrogen (secondary N) is 1. The maximum absolute atomic E-state index is 12.0. The Bertz CT molecular complexity index is 753. The first kappa shape index (κ1) is 13.1. The van der Waals surface area contributed by atoms with Gasteiger partial charge in [-0.25, -0.2) is 4.79 Å². The molecule has 2 aromatic carbocycles. The van der Waals surface area contributed by atoms with Gasteiger partial charge in [0.25, 0.3) is 0 Å². The lowest BCUT2D eigenvalue weighted by Crippen LogP contribution is -2.05. The highest BCUT2D eigenvalue weighted by Gasteiger charge is 2.10. The number of fused-ring (bicyclic) bond motifs is 1. The molecule has 1 N–H and O–H groups in total. The second-order valence-corrected chi connectivity index (χ2v) is 5.41. The Morgan fingerprint density at radius 1 is 1.20 bits per heavy atom. The summed E-state index contributed by atoms with van der Waals surface area (Å²) in [6, 6.07) is 15.0. The summed E-state index contributed by atoms with van der Waals surface area (Å²) < 4.78 is 6.25. The molecule has 20 heavy (non-hydrogen) atoms. The van der Waals surface area contributed by atoms with E-state index in [1.54, 1.807) is 12.1 Å². The second kappa shape index (κ2) is 5.62. The second-order valence-electron chi connectivity index (χ2n) is 4.33. The first-order valence-electron chi connectivity index (χ1n) is 6.09. The Labute approximate surface area is 129 Å². The molecule has 5 heteroatoms. The lowest BCUT2D eigenvalue weighted by atomic mass is 10.2. The highest BCUT2D eigenvalue weighted by atomic mass is 127. The number of hydrogen-bond donors (Lipinski definition) is 1. The molecule has 0 saturated heterocycles. The van der Waals surface area contributed by atoms with Crippen molar-refractivity contribution in [1.82, 2.24) is 10.2 Å². The van der Waals surface area contributed by atoms with Gasteiger partial charge in [-0.1, -0.05) is 30.3 Å². The van der Waals surface area contributed by atoms with Crippen molar-refractivity contribution in [3.8, 4) is 0 Å². The Kier molecular flexibility index (Phi) is 3.68. The smallest absolute Gasteiger partial charge is 0.338 e. The number of carbonyl (C=O) groups excluding carboxylic acids is 1. The van der Waals surface area contributed by atoms with Gasteiger partial charge in [0, 0.05) is 5.39 Å². The van der Waals surface area contributed by atoms with E-state index in [9.17, 15) is 4.79 Å². The van der Waals surface area contributed by atoms with Crippen molar-refractivity contribution in [1.29, 1.82) is 0 Å². The molecule has 0 spiro atoms. The normalized spacial score (nSPS) is 10.7. The molecule has 0 aliphatic heterocycles. The van der Waals surface area contributed by atoms with E-state index >= 15 is 0 Å². The minimum absolute atomic E-state index is 0.274. The first-order chi connectivity index (χ1) is 9.74. The SMILES string of the molecule is O=C(OCc1ccccc1)c1ccc2c(I)[nH]nc2c1. The van der Waals surface area contributed by atoms with Crippen LogP contribution in [0.1, 0.15) is 15.9 Å². The number of carbonyl (C=O) groups is 1. The molecule has 0 amide bonds. The van der Waals surface area contributed by atoms with E-state index in [-0.39, 0.29) is 12.6 Å². The number of rotatable bonds is 3. The van der Waals surface area contributed by atoms with E-state index in [1.807, 2.05) is 36.4 Å². The van der Waals surface area contributed by atoms with Crippen LogP contribution in [-0.2, 0) is 11.3 Å². The zero-order valence-corrected chi connectivity index (χ0v) is 12.6. The number of aromatic nitrogens is 2. The summed E-state index contributed by atoms with van der Waals surface area (Å²) in [6.45, 7) is 0.274. The van der Waals surface area contributed by atoms with Crippen molar-refractivity contribution < 1.29 is 9.53 Å². The molecule has 0 unspecified atom stereocenters. The van der Waals surface area contributed by atoms with E-state index in [2.05, 4.69) is 32.8 Å². The third-order valence-corrected chi connectivity index (χ3v) is 3.78. The Balaban J connectivity index is 1.75. The van der Waals surface area contributed by atoms with Gasteiger partial charge in [0.1, 0.15) is 10.3 Å². The van der Waals surface area contributed by atoms with E-state index in [4.69, 9.17) is 4.74 Å². The molecule has 0 saturated carbocycles. The molecule has 3 rings (SSSR count). The van der Waals surface area contributed by atoms with Crippen molar-refractivity contribution in [2.75, 3.05) is 0 Å². The van der Waals surface area contributed by atoms with Gasteiger partial charge in [0.2, 0.25) is 0 Å². The fourth-order valence-corrected chi connectivity index (χ4v) is 2.49. The van der Waals surface area contributed by atoms with Crippen molar-refractivity contribution >= 4 is 39.5 Å². The van der Waals surface area contributed by atoms with Crippen LogP contribution in [0.3, 0.4) is 0 Å². The zero-order chi connectivity index (χ0) is 13.9. The average molecular weight is 378 g/mol. The van der Waals surface area contributed by atoms with Gasteiger partial charge >= 0.3 is 5.97 Å². The summed E-state index contributed by atoms with van der Waals surface area (Å²) in [4.78, 5) is 12.0. The third kappa shape index (κ3) is 2.67. The lowest BCUT2D eigenvalue weighted by Gasteiger charge is -2.04. The zero-order valence-electron chi connectivity index (χ0n) is 10.5. The third-order valence-electron chi connectivity index (χ3n) is 2.96. The van der Waals surface area contributed by atoms with Crippen LogP contribution in [0.15, 0.2) is 48.5 Å². The quantitative estimate of drug-likeness (QED) is 0.561. The molecular formula is C15H11IN2O2. The molecule has 0 aliphatic rings. The minimum atomic E-state index is -0.339. The van der Waals surface area contributed by atoms with Crippen LogP contribution in [0.25, 0.3) is 10.9 Å². The monoisotopic (exact) mass is 378 g/mol. The standard InChI is InChI=1S/C15H11IN2O2/c16-14-12-7-6-11(8-13(12)17-18-14)15(19)20-9-10-4-2-1-3-5-10/h1-8H,9H2,(H,17,18). The van der Waals surface area contributed by atoms with E-state index < -0.39 is 0 Å². The van der Waals surface area contributed by atoms with Gasteiger partial charge in [0.15, 0.2) is 0 Å². The van der Waals surface area contributed by atoms with Crippen LogP contribution >= 0.6 is 22.6 Å². The molecule has 100 valence electrons. The molecule has 0 atom stereocenters. The van der Waals surface area contributed by atoms with Gasteiger partial charge in [-0.2, -0.15) is 5.10 Å². The average Bonchev–Trinajstić information content (AvgIpc) is 2.87. The largest absolute Gasteiger partial charge is 0.457 e. The van der Waals surface area contributed by atoms with Gasteiger partial charge in [-0.15, -0.1) is 0 Å². The van der Waals surface area contributed by atoms with Gasteiger partial charge < -0.3 is 4.74 Å². The number of hydrogen-bond acceptors (Lipinski definition) is 3. The van der Waals surface area contributed by atoms with Gasteiger partial charge in [0.05, 0.1) is 11.1 Å². The Morgan fingerprint density at radius 2 is 2.00 bits per heavy atom. The molecule has 3 aromatic rings. The maximum Gasteiger partial charge on any atom is 0.338 e. The predicted octanol–water partition coefficient (Wildman–Crippen LogP) is 3.52. The number of nitrogens with zero attached hydrogens (tertiary/aromatic N) is 1.